The molecule has 1 heterocycles. The summed E-state index contributed by atoms with van der Waals surface area (Å²) in [7, 11) is -1.81. The molecule has 0 fully saturated rings. The van der Waals surface area contributed by atoms with Crippen LogP contribution in [0.5, 0.6) is 6.01 Å². The molecule has 2 aromatic rings. The van der Waals surface area contributed by atoms with Crippen molar-refractivity contribution in [2.75, 3.05) is 18.7 Å². The highest BCUT2D eigenvalue weighted by molar-refractivity contribution is 7.90. The number of ether oxygens (including phenoxy) is 1. The first-order valence-corrected chi connectivity index (χ1v) is 7.68. The molecule has 0 atom stereocenters. The number of aromatic nitrogens is 3. The molecule has 20 heavy (non-hydrogen) atoms. The predicted octanol–water partition coefficient (Wildman–Crippen LogP) is 1.68. The number of halogens is 1. The Labute approximate surface area is 120 Å². The molecular weight excluding hydrogens is 304 g/mol. The summed E-state index contributed by atoms with van der Waals surface area (Å²) in [6, 6.07) is 6.25. The summed E-state index contributed by atoms with van der Waals surface area (Å²) in [6.45, 7) is 0. The number of hydrogen-bond donors (Lipinski definition) is 1. The maximum Gasteiger partial charge on any atom is 0.322 e. The van der Waals surface area contributed by atoms with Gasteiger partial charge in [-0.1, -0.05) is 0 Å². The lowest BCUT2D eigenvalue weighted by molar-refractivity contribution is 0.379. The van der Waals surface area contributed by atoms with Gasteiger partial charge in [0.25, 0.3) is 0 Å². The Morgan fingerprint density at radius 3 is 2.35 bits per heavy atom. The van der Waals surface area contributed by atoms with Crippen LogP contribution in [0.25, 0.3) is 0 Å². The van der Waals surface area contributed by atoms with Gasteiger partial charge in [-0.2, -0.15) is 15.0 Å². The molecule has 0 bridgehead atoms. The van der Waals surface area contributed by atoms with E-state index < -0.39 is 9.84 Å². The van der Waals surface area contributed by atoms with Crippen molar-refractivity contribution < 1.29 is 13.2 Å². The van der Waals surface area contributed by atoms with Crippen LogP contribution in [0.1, 0.15) is 0 Å². The maximum atomic E-state index is 11.3. The summed E-state index contributed by atoms with van der Waals surface area (Å²) < 4.78 is 27.6. The van der Waals surface area contributed by atoms with Crippen molar-refractivity contribution in [3.8, 4) is 6.01 Å². The number of benzene rings is 1. The van der Waals surface area contributed by atoms with Crippen molar-refractivity contribution >= 4 is 33.1 Å². The molecule has 106 valence electrons. The zero-order chi connectivity index (χ0) is 14.8. The zero-order valence-corrected chi connectivity index (χ0v) is 12.2. The lowest BCUT2D eigenvalue weighted by atomic mass is 10.3. The SMILES string of the molecule is COc1nc(Cl)nc(Nc2ccc(S(C)(=O)=O)cc2)n1. The fourth-order valence-corrected chi connectivity index (χ4v) is 2.18. The van der Waals surface area contributed by atoms with Gasteiger partial charge in [0.2, 0.25) is 11.2 Å². The highest BCUT2D eigenvalue weighted by Gasteiger charge is 2.08. The Kier molecular flexibility index (Phi) is 4.05. The molecule has 9 heteroatoms. The van der Waals surface area contributed by atoms with Crippen molar-refractivity contribution in [1.82, 2.24) is 15.0 Å². The Hall–Kier alpha value is -1.93. The van der Waals surface area contributed by atoms with Crippen LogP contribution in [0.2, 0.25) is 5.28 Å². The molecule has 0 spiro atoms. The van der Waals surface area contributed by atoms with E-state index in [1.165, 1.54) is 19.2 Å². The van der Waals surface area contributed by atoms with Crippen LogP contribution in [0.4, 0.5) is 11.6 Å². The van der Waals surface area contributed by atoms with Crippen molar-refractivity contribution in [1.29, 1.82) is 0 Å². The number of anilines is 2. The van der Waals surface area contributed by atoms with Gasteiger partial charge in [0.15, 0.2) is 9.84 Å². The van der Waals surface area contributed by atoms with E-state index in [0.717, 1.165) is 6.26 Å². The average Bonchev–Trinajstić information content (AvgIpc) is 2.37. The van der Waals surface area contributed by atoms with Crippen LogP contribution in [0.15, 0.2) is 29.2 Å². The molecule has 1 aromatic heterocycles. The molecular formula is C11H11ClN4O3S. The summed E-state index contributed by atoms with van der Waals surface area (Å²) in [4.78, 5) is 11.8. The number of nitrogens with zero attached hydrogens (tertiary/aromatic N) is 3. The first-order chi connectivity index (χ1) is 9.38. The van der Waals surface area contributed by atoms with E-state index in [1.807, 2.05) is 0 Å². The van der Waals surface area contributed by atoms with E-state index in [4.69, 9.17) is 16.3 Å². The van der Waals surface area contributed by atoms with Crippen molar-refractivity contribution in [2.24, 2.45) is 0 Å². The number of rotatable bonds is 4. The van der Waals surface area contributed by atoms with Gasteiger partial charge in [0.05, 0.1) is 12.0 Å². The fraction of sp³-hybridized carbons (Fsp3) is 0.182. The fourth-order valence-electron chi connectivity index (χ4n) is 1.39. The highest BCUT2D eigenvalue weighted by Crippen LogP contribution is 2.18. The van der Waals surface area contributed by atoms with Crippen LogP contribution < -0.4 is 10.1 Å². The second-order valence-electron chi connectivity index (χ2n) is 3.84. The van der Waals surface area contributed by atoms with E-state index in [2.05, 4.69) is 20.3 Å². The zero-order valence-electron chi connectivity index (χ0n) is 10.7. The normalized spacial score (nSPS) is 11.2. The van der Waals surface area contributed by atoms with Crippen LogP contribution in [0, 0.1) is 0 Å². The minimum absolute atomic E-state index is 0.00731. The molecule has 0 unspecified atom stereocenters. The molecule has 7 nitrogen and oxygen atoms in total. The Bertz CT molecular complexity index is 719. The van der Waals surface area contributed by atoms with Gasteiger partial charge in [-0.05, 0) is 35.9 Å². The van der Waals surface area contributed by atoms with E-state index in [1.54, 1.807) is 12.1 Å². The number of sulfone groups is 1. The third-order valence-electron chi connectivity index (χ3n) is 2.31. The quantitative estimate of drug-likeness (QED) is 0.917. The first-order valence-electron chi connectivity index (χ1n) is 5.41. The molecule has 0 saturated heterocycles. The molecule has 0 aliphatic rings. The lowest BCUT2D eigenvalue weighted by Crippen LogP contribution is -2.02. The van der Waals surface area contributed by atoms with E-state index in [-0.39, 0.29) is 22.1 Å². The van der Waals surface area contributed by atoms with Gasteiger partial charge < -0.3 is 10.1 Å². The van der Waals surface area contributed by atoms with E-state index in [0.29, 0.717) is 5.69 Å². The van der Waals surface area contributed by atoms with Crippen molar-refractivity contribution in [3.05, 3.63) is 29.5 Å². The largest absolute Gasteiger partial charge is 0.467 e. The van der Waals surface area contributed by atoms with Crippen LogP contribution >= 0.6 is 11.6 Å². The monoisotopic (exact) mass is 314 g/mol. The Balaban J connectivity index is 2.24. The molecule has 0 saturated carbocycles. The third kappa shape index (κ3) is 3.55. The first kappa shape index (κ1) is 14.5. The minimum Gasteiger partial charge on any atom is -0.467 e. The van der Waals surface area contributed by atoms with Gasteiger partial charge in [-0.3, -0.25) is 0 Å². The molecule has 1 aromatic carbocycles. The summed E-state index contributed by atoms with van der Waals surface area (Å²) >= 11 is 5.72. The smallest absolute Gasteiger partial charge is 0.322 e. The summed E-state index contributed by atoms with van der Waals surface area (Å²) in [5, 5.41) is 2.87. The number of hydrogen-bond acceptors (Lipinski definition) is 7. The van der Waals surface area contributed by atoms with E-state index in [9.17, 15) is 8.42 Å². The molecule has 0 amide bonds. The molecule has 0 radical (unpaired) electrons. The summed E-state index contributed by atoms with van der Waals surface area (Å²) in [6.07, 6.45) is 1.14. The van der Waals surface area contributed by atoms with Crippen LogP contribution in [0.3, 0.4) is 0 Å². The number of nitrogens with one attached hydrogen (secondary N) is 1. The topological polar surface area (TPSA) is 94.1 Å². The second kappa shape index (κ2) is 5.59. The molecule has 0 aliphatic carbocycles. The predicted molar refractivity (Wildman–Crippen MR) is 74.2 cm³/mol. The average molecular weight is 315 g/mol. The summed E-state index contributed by atoms with van der Waals surface area (Å²) in [5.74, 6) is 0.203. The molecule has 2 rings (SSSR count). The number of methoxy groups -OCH3 is 1. The van der Waals surface area contributed by atoms with E-state index >= 15 is 0 Å². The Morgan fingerprint density at radius 2 is 1.80 bits per heavy atom. The lowest BCUT2D eigenvalue weighted by Gasteiger charge is -2.06. The summed E-state index contributed by atoms with van der Waals surface area (Å²) in [5.41, 5.74) is 0.613. The van der Waals surface area contributed by atoms with Crippen LogP contribution in [-0.4, -0.2) is 36.7 Å². The van der Waals surface area contributed by atoms with Gasteiger partial charge >= 0.3 is 6.01 Å². The maximum absolute atomic E-state index is 11.3. The minimum atomic E-state index is -3.22. The van der Waals surface area contributed by atoms with Gasteiger partial charge in [0.1, 0.15) is 0 Å². The standard InChI is InChI=1S/C11H11ClN4O3S/c1-19-11-15-9(12)14-10(16-11)13-7-3-5-8(6-4-7)20(2,17)18/h3-6H,1-2H3,(H,13,14,15,16). The highest BCUT2D eigenvalue weighted by atomic mass is 35.5. The van der Waals surface area contributed by atoms with Crippen molar-refractivity contribution in [3.63, 3.8) is 0 Å². The second-order valence-corrected chi connectivity index (χ2v) is 6.19. The molecule has 1 N–H and O–H groups in total. The third-order valence-corrected chi connectivity index (χ3v) is 3.61. The van der Waals surface area contributed by atoms with Crippen LogP contribution in [-0.2, 0) is 9.84 Å². The van der Waals surface area contributed by atoms with Crippen molar-refractivity contribution in [2.45, 2.75) is 4.90 Å². The van der Waals surface area contributed by atoms with Gasteiger partial charge in [-0.25, -0.2) is 8.42 Å². The molecule has 0 aliphatic heterocycles. The van der Waals surface area contributed by atoms with Gasteiger partial charge in [0, 0.05) is 11.9 Å². The Morgan fingerprint density at radius 1 is 1.15 bits per heavy atom. The van der Waals surface area contributed by atoms with Gasteiger partial charge in [-0.15, -0.1) is 0 Å².